The number of nitro benzene ring substituents is 1. The number of ether oxygens (including phenoxy) is 1. The average Bonchev–Trinajstić information content (AvgIpc) is 3.22. The molecule has 3 rings (SSSR count). The number of nitrogens with zero attached hydrogens (tertiary/aromatic N) is 4. The summed E-state index contributed by atoms with van der Waals surface area (Å²) in [5, 5.41) is 31.8. The van der Waals surface area contributed by atoms with Crippen LogP contribution in [0.4, 0.5) is 10.5 Å². The Morgan fingerprint density at radius 3 is 2.47 bits per heavy atom. The number of benzene rings is 1. The zero-order valence-electron chi connectivity index (χ0n) is 18.7. The van der Waals surface area contributed by atoms with Gasteiger partial charge in [0.15, 0.2) is 0 Å². The lowest BCUT2D eigenvalue weighted by Gasteiger charge is -2.42. The van der Waals surface area contributed by atoms with Gasteiger partial charge < -0.3 is 19.6 Å². The maximum absolute atomic E-state index is 12.2. The van der Waals surface area contributed by atoms with Crippen molar-refractivity contribution in [1.82, 2.24) is 20.4 Å². The van der Waals surface area contributed by atoms with Gasteiger partial charge in [-0.05, 0) is 52.7 Å². The number of hydrogen-bond donors (Lipinski definition) is 2. The molecule has 174 valence electrons. The minimum absolute atomic E-state index is 0.0115. The molecule has 2 heterocycles. The number of non-ortho nitro benzene ring substituents is 1. The molecule has 1 aliphatic heterocycles. The predicted molar refractivity (Wildman–Crippen MR) is 115 cm³/mol. The number of aliphatic hydroxyl groups excluding tert-OH is 1. The number of likely N-dealkylation sites (tertiary alicyclic amines) is 1. The Morgan fingerprint density at radius 1 is 1.31 bits per heavy atom. The van der Waals surface area contributed by atoms with E-state index >= 15 is 0 Å². The summed E-state index contributed by atoms with van der Waals surface area (Å²) >= 11 is 0. The predicted octanol–water partition coefficient (Wildman–Crippen LogP) is 3.06. The molecule has 1 aromatic carbocycles. The van der Waals surface area contributed by atoms with Crippen LogP contribution >= 0.6 is 0 Å². The van der Waals surface area contributed by atoms with Crippen LogP contribution in [0.3, 0.4) is 0 Å². The van der Waals surface area contributed by atoms with Crippen molar-refractivity contribution < 1.29 is 24.0 Å². The number of amides is 1. The number of carbonyl (C=O) groups is 1. The molecule has 0 radical (unpaired) electrons. The van der Waals surface area contributed by atoms with Crippen molar-refractivity contribution in [2.75, 3.05) is 19.7 Å². The number of aromatic nitrogens is 2. The SMILES string of the molecule is C[C@@H](c1nnc(-c2ccc([N+](=O)[O-])cc2)o1)N1CCC(CO)(NC(=O)OC(C)(C)C)CC1. The van der Waals surface area contributed by atoms with Gasteiger partial charge in [0.1, 0.15) is 5.60 Å². The minimum Gasteiger partial charge on any atom is -0.444 e. The second kappa shape index (κ2) is 9.21. The molecule has 11 heteroatoms. The van der Waals surface area contributed by atoms with Crippen molar-refractivity contribution in [3.8, 4) is 11.5 Å². The van der Waals surface area contributed by atoms with E-state index in [0.29, 0.717) is 37.4 Å². The van der Waals surface area contributed by atoms with Crippen molar-refractivity contribution in [2.45, 2.75) is 57.7 Å². The van der Waals surface area contributed by atoms with E-state index in [2.05, 4.69) is 20.4 Å². The zero-order valence-corrected chi connectivity index (χ0v) is 18.7. The van der Waals surface area contributed by atoms with Crippen LogP contribution in [0.15, 0.2) is 28.7 Å². The Kier molecular flexibility index (Phi) is 6.79. The number of rotatable bonds is 6. The standard InChI is InChI=1S/C21H29N5O6/c1-14(17-23-24-18(31-17)15-5-7-16(8-6-15)26(29)30)25-11-9-21(13-27,10-12-25)22-19(28)32-20(2,3)4/h5-8,14,27H,9-13H2,1-4H3,(H,22,28)/t14-/m0/s1. The van der Waals surface area contributed by atoms with Crippen LogP contribution < -0.4 is 5.32 Å². The van der Waals surface area contributed by atoms with Crippen molar-refractivity contribution >= 4 is 11.8 Å². The third-order valence-electron chi connectivity index (χ3n) is 5.49. The van der Waals surface area contributed by atoms with Gasteiger partial charge in [-0.25, -0.2) is 4.79 Å². The molecule has 0 aliphatic carbocycles. The van der Waals surface area contributed by atoms with Gasteiger partial charge >= 0.3 is 6.09 Å². The van der Waals surface area contributed by atoms with Gasteiger partial charge in [0.05, 0.1) is 23.1 Å². The molecule has 1 aromatic heterocycles. The second-order valence-electron chi connectivity index (χ2n) is 9.03. The van der Waals surface area contributed by atoms with Gasteiger partial charge in [0.2, 0.25) is 11.8 Å². The quantitative estimate of drug-likeness (QED) is 0.504. The molecule has 32 heavy (non-hydrogen) atoms. The maximum atomic E-state index is 12.2. The third-order valence-corrected chi connectivity index (χ3v) is 5.49. The fourth-order valence-corrected chi connectivity index (χ4v) is 3.58. The molecule has 1 fully saturated rings. The summed E-state index contributed by atoms with van der Waals surface area (Å²) in [6, 6.07) is 5.74. The monoisotopic (exact) mass is 447 g/mol. The van der Waals surface area contributed by atoms with Crippen LogP contribution in [-0.4, -0.2) is 62.1 Å². The van der Waals surface area contributed by atoms with Crippen molar-refractivity contribution in [1.29, 1.82) is 0 Å². The van der Waals surface area contributed by atoms with E-state index in [4.69, 9.17) is 9.15 Å². The summed E-state index contributed by atoms with van der Waals surface area (Å²) < 4.78 is 11.1. The van der Waals surface area contributed by atoms with Crippen LogP contribution in [0.1, 0.15) is 52.5 Å². The fraction of sp³-hybridized carbons (Fsp3) is 0.571. The van der Waals surface area contributed by atoms with Crippen molar-refractivity contribution in [3.63, 3.8) is 0 Å². The van der Waals surface area contributed by atoms with Crippen LogP contribution in [0.5, 0.6) is 0 Å². The molecule has 1 amide bonds. The highest BCUT2D eigenvalue weighted by molar-refractivity contribution is 5.68. The van der Waals surface area contributed by atoms with Gasteiger partial charge in [0.25, 0.3) is 5.69 Å². The lowest BCUT2D eigenvalue weighted by Crippen LogP contribution is -2.58. The average molecular weight is 447 g/mol. The number of nitrogens with one attached hydrogen (secondary N) is 1. The smallest absolute Gasteiger partial charge is 0.408 e. The van der Waals surface area contributed by atoms with Crippen LogP contribution in [0.25, 0.3) is 11.5 Å². The Balaban J connectivity index is 1.62. The molecule has 2 N–H and O–H groups in total. The fourth-order valence-electron chi connectivity index (χ4n) is 3.58. The number of hydrogen-bond acceptors (Lipinski definition) is 9. The highest BCUT2D eigenvalue weighted by Crippen LogP contribution is 2.30. The molecule has 0 spiro atoms. The van der Waals surface area contributed by atoms with Gasteiger partial charge in [-0.15, -0.1) is 10.2 Å². The summed E-state index contributed by atoms with van der Waals surface area (Å²) in [6.07, 6.45) is 0.532. The maximum Gasteiger partial charge on any atom is 0.408 e. The normalized spacial score (nSPS) is 17.5. The van der Waals surface area contributed by atoms with E-state index in [-0.39, 0.29) is 24.2 Å². The van der Waals surface area contributed by atoms with E-state index < -0.39 is 22.2 Å². The summed E-state index contributed by atoms with van der Waals surface area (Å²) in [7, 11) is 0. The summed E-state index contributed by atoms with van der Waals surface area (Å²) in [6.45, 7) is 8.34. The first-order chi connectivity index (χ1) is 15.0. The first-order valence-corrected chi connectivity index (χ1v) is 10.5. The first-order valence-electron chi connectivity index (χ1n) is 10.5. The van der Waals surface area contributed by atoms with Crippen molar-refractivity contribution in [3.05, 3.63) is 40.3 Å². The second-order valence-corrected chi connectivity index (χ2v) is 9.03. The molecule has 11 nitrogen and oxygen atoms in total. The third kappa shape index (κ3) is 5.60. The van der Waals surface area contributed by atoms with E-state index in [0.717, 1.165) is 0 Å². The number of alkyl carbamates (subject to hydrolysis) is 1. The Bertz CT molecular complexity index is 944. The Labute approximate surface area is 185 Å². The van der Waals surface area contributed by atoms with Crippen LogP contribution in [-0.2, 0) is 4.74 Å². The lowest BCUT2D eigenvalue weighted by atomic mass is 9.88. The van der Waals surface area contributed by atoms with Gasteiger partial charge in [0, 0.05) is 30.8 Å². The summed E-state index contributed by atoms with van der Waals surface area (Å²) in [5.41, 5.74) is -0.768. The number of nitro groups is 1. The minimum atomic E-state index is -0.739. The van der Waals surface area contributed by atoms with Gasteiger partial charge in [-0.3, -0.25) is 15.0 Å². The summed E-state index contributed by atoms with van der Waals surface area (Å²) in [4.78, 5) is 24.7. The highest BCUT2D eigenvalue weighted by Gasteiger charge is 2.38. The molecule has 1 atom stereocenters. The Hall–Kier alpha value is -3.05. The number of piperidine rings is 1. The van der Waals surface area contributed by atoms with Gasteiger partial charge in [-0.2, -0.15) is 0 Å². The molecule has 2 aromatic rings. The number of carbonyl (C=O) groups excluding carboxylic acids is 1. The van der Waals surface area contributed by atoms with E-state index in [1.54, 1.807) is 32.9 Å². The molecule has 0 saturated carbocycles. The Morgan fingerprint density at radius 2 is 1.94 bits per heavy atom. The topological polar surface area (TPSA) is 144 Å². The lowest BCUT2D eigenvalue weighted by molar-refractivity contribution is -0.384. The first kappa shape index (κ1) is 23.6. The van der Waals surface area contributed by atoms with Crippen LogP contribution in [0, 0.1) is 10.1 Å². The zero-order chi connectivity index (χ0) is 23.5. The van der Waals surface area contributed by atoms with Crippen LogP contribution in [0.2, 0.25) is 0 Å². The molecular formula is C21H29N5O6. The molecule has 0 unspecified atom stereocenters. The molecule has 1 aliphatic rings. The number of aliphatic hydroxyl groups is 1. The van der Waals surface area contributed by atoms with E-state index in [1.165, 1.54) is 12.1 Å². The van der Waals surface area contributed by atoms with Crippen molar-refractivity contribution in [2.24, 2.45) is 0 Å². The molecule has 0 bridgehead atoms. The highest BCUT2D eigenvalue weighted by atomic mass is 16.6. The van der Waals surface area contributed by atoms with E-state index in [9.17, 15) is 20.0 Å². The van der Waals surface area contributed by atoms with E-state index in [1.807, 2.05) is 6.92 Å². The summed E-state index contributed by atoms with van der Waals surface area (Å²) in [5.74, 6) is 0.713. The largest absolute Gasteiger partial charge is 0.444 e. The molecular weight excluding hydrogens is 418 g/mol. The molecule has 1 saturated heterocycles. The van der Waals surface area contributed by atoms with Gasteiger partial charge in [-0.1, -0.05) is 0 Å².